The van der Waals surface area contributed by atoms with Crippen LogP contribution in [0.4, 0.5) is 0 Å². The van der Waals surface area contributed by atoms with Crippen molar-refractivity contribution in [1.82, 2.24) is 9.80 Å². The van der Waals surface area contributed by atoms with Gasteiger partial charge in [0, 0.05) is 25.2 Å². The number of rotatable bonds is 5. The molecule has 1 saturated heterocycles. The van der Waals surface area contributed by atoms with Crippen molar-refractivity contribution in [3.8, 4) is 0 Å². The fraction of sp³-hybridized carbons (Fsp3) is 1.00. The second kappa shape index (κ2) is 5.99. The predicted molar refractivity (Wildman–Crippen MR) is 70.6 cm³/mol. The molecule has 1 fully saturated rings. The van der Waals surface area contributed by atoms with Gasteiger partial charge in [-0.1, -0.05) is 20.8 Å². The summed E-state index contributed by atoms with van der Waals surface area (Å²) in [5, 5.41) is 0. The highest BCUT2D eigenvalue weighted by atomic mass is 15.3. The summed E-state index contributed by atoms with van der Waals surface area (Å²) < 4.78 is 0. The molecule has 1 heterocycles. The molecular formula is C13H29N3. The highest BCUT2D eigenvalue weighted by molar-refractivity contribution is 4.96. The summed E-state index contributed by atoms with van der Waals surface area (Å²) >= 11 is 0. The third-order valence-corrected chi connectivity index (χ3v) is 3.76. The van der Waals surface area contributed by atoms with Crippen molar-refractivity contribution in [2.45, 2.75) is 39.2 Å². The Balaban J connectivity index is 2.74. The molecule has 0 saturated carbocycles. The number of nitrogens with two attached hydrogens (primary N) is 1. The summed E-state index contributed by atoms with van der Waals surface area (Å²) in [6.07, 6.45) is 2.54. The number of likely N-dealkylation sites (tertiary alicyclic amines) is 1. The van der Waals surface area contributed by atoms with E-state index in [9.17, 15) is 0 Å². The summed E-state index contributed by atoms with van der Waals surface area (Å²) in [6.45, 7) is 12.3. The van der Waals surface area contributed by atoms with Gasteiger partial charge < -0.3 is 10.6 Å². The number of hydrogen-bond acceptors (Lipinski definition) is 3. The average molecular weight is 227 g/mol. The van der Waals surface area contributed by atoms with Gasteiger partial charge >= 0.3 is 0 Å². The molecular weight excluding hydrogens is 198 g/mol. The van der Waals surface area contributed by atoms with Crippen LogP contribution in [0.1, 0.15) is 33.6 Å². The van der Waals surface area contributed by atoms with E-state index in [-0.39, 0.29) is 5.54 Å². The first-order chi connectivity index (χ1) is 7.54. The molecule has 0 bridgehead atoms. The molecule has 3 nitrogen and oxygen atoms in total. The lowest BCUT2D eigenvalue weighted by atomic mass is 9.86. The molecule has 0 aromatic rings. The number of nitrogens with zero attached hydrogens (tertiary/aromatic N) is 2. The van der Waals surface area contributed by atoms with Crippen molar-refractivity contribution in [1.29, 1.82) is 0 Å². The van der Waals surface area contributed by atoms with Crippen LogP contribution in [0, 0.1) is 5.92 Å². The van der Waals surface area contributed by atoms with E-state index in [1.807, 2.05) is 0 Å². The molecule has 1 atom stereocenters. The maximum absolute atomic E-state index is 6.08. The van der Waals surface area contributed by atoms with Crippen molar-refractivity contribution in [2.75, 3.05) is 39.8 Å². The number of hydrogen-bond donors (Lipinski definition) is 1. The largest absolute Gasteiger partial charge is 0.329 e. The normalized spacial score (nSPS) is 27.9. The lowest BCUT2D eigenvalue weighted by Crippen LogP contribution is -2.62. The smallest absolute Gasteiger partial charge is 0.0458 e. The second-order valence-corrected chi connectivity index (χ2v) is 5.70. The van der Waals surface area contributed by atoms with Crippen LogP contribution in [0.3, 0.4) is 0 Å². The zero-order valence-corrected chi connectivity index (χ0v) is 11.5. The molecule has 2 N–H and O–H groups in total. The minimum absolute atomic E-state index is 0.228. The van der Waals surface area contributed by atoms with Crippen LogP contribution in [0.2, 0.25) is 0 Å². The van der Waals surface area contributed by atoms with Gasteiger partial charge in [-0.05, 0) is 38.9 Å². The minimum atomic E-state index is 0.228. The van der Waals surface area contributed by atoms with Gasteiger partial charge in [0.1, 0.15) is 0 Å². The standard InChI is InChI=1S/C13H29N3/c1-5-16(9-12(2)3)13(10-14)7-6-8-15(4)11-13/h12H,5-11,14H2,1-4H3. The van der Waals surface area contributed by atoms with E-state index in [0.29, 0.717) is 0 Å². The van der Waals surface area contributed by atoms with Crippen LogP contribution in [-0.2, 0) is 0 Å². The van der Waals surface area contributed by atoms with Crippen LogP contribution < -0.4 is 5.73 Å². The molecule has 1 rings (SSSR count). The predicted octanol–water partition coefficient (Wildman–Crippen LogP) is 1.39. The first-order valence-electron chi connectivity index (χ1n) is 6.67. The van der Waals surface area contributed by atoms with Crippen molar-refractivity contribution in [3.63, 3.8) is 0 Å². The summed E-state index contributed by atoms with van der Waals surface area (Å²) in [5.41, 5.74) is 6.31. The molecule has 0 spiro atoms. The van der Waals surface area contributed by atoms with E-state index in [1.165, 1.54) is 25.9 Å². The molecule has 3 heteroatoms. The van der Waals surface area contributed by atoms with Gasteiger partial charge in [0.2, 0.25) is 0 Å². The summed E-state index contributed by atoms with van der Waals surface area (Å²) in [6, 6.07) is 0. The van der Waals surface area contributed by atoms with Gasteiger partial charge in [0.15, 0.2) is 0 Å². The van der Waals surface area contributed by atoms with Gasteiger partial charge in [-0.25, -0.2) is 0 Å². The third kappa shape index (κ3) is 3.19. The highest BCUT2D eigenvalue weighted by Gasteiger charge is 2.37. The Morgan fingerprint density at radius 3 is 2.56 bits per heavy atom. The van der Waals surface area contributed by atoms with Gasteiger partial charge in [-0.2, -0.15) is 0 Å². The molecule has 0 aromatic heterocycles. The van der Waals surface area contributed by atoms with Gasteiger partial charge in [0.05, 0.1) is 0 Å². The Bertz CT molecular complexity index is 205. The maximum atomic E-state index is 6.08. The van der Waals surface area contributed by atoms with Crippen molar-refractivity contribution in [3.05, 3.63) is 0 Å². The Labute approximate surface area is 101 Å². The number of piperidine rings is 1. The Hall–Kier alpha value is -0.120. The quantitative estimate of drug-likeness (QED) is 0.770. The van der Waals surface area contributed by atoms with Crippen LogP contribution in [-0.4, -0.2) is 55.1 Å². The molecule has 0 aliphatic carbocycles. The topological polar surface area (TPSA) is 32.5 Å². The zero-order valence-electron chi connectivity index (χ0n) is 11.5. The van der Waals surface area contributed by atoms with E-state index in [1.54, 1.807) is 0 Å². The average Bonchev–Trinajstić information content (AvgIpc) is 2.25. The van der Waals surface area contributed by atoms with E-state index in [0.717, 1.165) is 25.6 Å². The molecule has 1 unspecified atom stereocenters. The SMILES string of the molecule is CCN(CC(C)C)C1(CN)CCCN(C)C1. The zero-order chi connectivity index (χ0) is 12.2. The maximum Gasteiger partial charge on any atom is 0.0458 e. The highest BCUT2D eigenvalue weighted by Crippen LogP contribution is 2.26. The molecule has 0 radical (unpaired) electrons. The lowest BCUT2D eigenvalue weighted by molar-refractivity contribution is 0.0217. The van der Waals surface area contributed by atoms with E-state index >= 15 is 0 Å². The van der Waals surface area contributed by atoms with Crippen molar-refractivity contribution < 1.29 is 0 Å². The Kier molecular flexibility index (Phi) is 5.22. The Morgan fingerprint density at radius 1 is 1.44 bits per heavy atom. The van der Waals surface area contributed by atoms with Crippen LogP contribution in [0.5, 0.6) is 0 Å². The second-order valence-electron chi connectivity index (χ2n) is 5.70. The van der Waals surface area contributed by atoms with E-state index in [4.69, 9.17) is 5.73 Å². The molecule has 16 heavy (non-hydrogen) atoms. The van der Waals surface area contributed by atoms with Crippen molar-refractivity contribution in [2.24, 2.45) is 11.7 Å². The van der Waals surface area contributed by atoms with Gasteiger partial charge in [-0.3, -0.25) is 4.90 Å². The molecule has 0 amide bonds. The van der Waals surface area contributed by atoms with Gasteiger partial charge in [0.25, 0.3) is 0 Å². The molecule has 0 aromatic carbocycles. The van der Waals surface area contributed by atoms with Crippen LogP contribution in [0.25, 0.3) is 0 Å². The van der Waals surface area contributed by atoms with E-state index in [2.05, 4.69) is 37.6 Å². The third-order valence-electron chi connectivity index (χ3n) is 3.76. The fourth-order valence-corrected chi connectivity index (χ4v) is 2.99. The van der Waals surface area contributed by atoms with Crippen LogP contribution in [0.15, 0.2) is 0 Å². The van der Waals surface area contributed by atoms with E-state index < -0.39 is 0 Å². The molecule has 1 aliphatic heterocycles. The first-order valence-corrected chi connectivity index (χ1v) is 6.67. The monoisotopic (exact) mass is 227 g/mol. The van der Waals surface area contributed by atoms with Crippen LogP contribution >= 0.6 is 0 Å². The first kappa shape index (κ1) is 13.9. The number of likely N-dealkylation sites (N-methyl/N-ethyl adjacent to an activating group) is 2. The minimum Gasteiger partial charge on any atom is -0.329 e. The summed E-state index contributed by atoms with van der Waals surface area (Å²) in [5.74, 6) is 0.718. The Morgan fingerprint density at radius 2 is 2.12 bits per heavy atom. The summed E-state index contributed by atoms with van der Waals surface area (Å²) in [4.78, 5) is 5.03. The van der Waals surface area contributed by atoms with Gasteiger partial charge in [-0.15, -0.1) is 0 Å². The van der Waals surface area contributed by atoms with Crippen molar-refractivity contribution >= 4 is 0 Å². The molecule has 96 valence electrons. The summed E-state index contributed by atoms with van der Waals surface area (Å²) in [7, 11) is 2.22. The fourth-order valence-electron chi connectivity index (χ4n) is 2.99. The molecule has 1 aliphatic rings. The lowest BCUT2D eigenvalue weighted by Gasteiger charge is -2.49.